The van der Waals surface area contributed by atoms with Gasteiger partial charge < -0.3 is 15.3 Å². The first-order valence-electron chi connectivity index (χ1n) is 11.2. The lowest BCUT2D eigenvalue weighted by Crippen LogP contribution is -2.37. The second-order valence-corrected chi connectivity index (χ2v) is 9.62. The Morgan fingerprint density at radius 2 is 1.82 bits per heavy atom. The van der Waals surface area contributed by atoms with Crippen LogP contribution in [-0.4, -0.2) is 45.8 Å². The third kappa shape index (κ3) is 5.35. The molecule has 0 radical (unpaired) electrons. The zero-order chi connectivity index (χ0) is 23.5. The number of hydrogen-bond donors (Lipinski definition) is 2. The summed E-state index contributed by atoms with van der Waals surface area (Å²) in [5.41, 5.74) is 3.37. The Morgan fingerprint density at radius 3 is 2.45 bits per heavy atom. The average molecular weight is 487 g/mol. The normalized spacial score (nSPS) is 14.6. The topological polar surface area (TPSA) is 70.4 Å². The Hall–Kier alpha value is -2.54. The molecule has 1 aromatic heterocycles. The Balaban J connectivity index is 1.88. The van der Waals surface area contributed by atoms with Crippen LogP contribution in [0.3, 0.4) is 0 Å². The van der Waals surface area contributed by atoms with Crippen molar-refractivity contribution >= 4 is 29.1 Å². The molecule has 1 aliphatic carbocycles. The fraction of sp³-hybridized carbons (Fsp3) is 0.360. The fourth-order valence-corrected chi connectivity index (χ4v) is 4.83. The van der Waals surface area contributed by atoms with Crippen molar-refractivity contribution in [1.29, 1.82) is 0 Å². The lowest BCUT2D eigenvalue weighted by Gasteiger charge is -2.22. The number of aromatic nitrogens is 2. The van der Waals surface area contributed by atoms with Crippen LogP contribution in [0.1, 0.15) is 48.2 Å². The highest BCUT2D eigenvalue weighted by molar-refractivity contribution is 6.35. The smallest absolute Gasteiger partial charge is 0.272 e. The molecule has 3 aromatic rings. The van der Waals surface area contributed by atoms with Gasteiger partial charge in [0, 0.05) is 28.7 Å². The SMILES string of the molecule is CN(C)Cc1c(C(=O)NC2CCCCC2)nn(-c2ccc(Cl)cc2Cl)c1-c1ccc(O)cc1. The summed E-state index contributed by atoms with van der Waals surface area (Å²) in [6, 6.07) is 12.2. The molecule has 1 saturated carbocycles. The minimum atomic E-state index is -0.178. The van der Waals surface area contributed by atoms with E-state index in [-0.39, 0.29) is 17.7 Å². The summed E-state index contributed by atoms with van der Waals surface area (Å²) in [6.45, 7) is 0.509. The van der Waals surface area contributed by atoms with Gasteiger partial charge in [0.1, 0.15) is 5.75 Å². The molecule has 2 aromatic carbocycles. The summed E-state index contributed by atoms with van der Waals surface area (Å²) in [6.07, 6.45) is 5.45. The number of aromatic hydroxyl groups is 1. The third-order valence-electron chi connectivity index (χ3n) is 5.89. The maximum absolute atomic E-state index is 13.4. The molecule has 0 saturated heterocycles. The molecule has 6 nitrogen and oxygen atoms in total. The predicted octanol–water partition coefficient (Wildman–Crippen LogP) is 5.68. The van der Waals surface area contributed by atoms with Crippen molar-refractivity contribution in [2.75, 3.05) is 14.1 Å². The van der Waals surface area contributed by atoms with E-state index in [1.165, 1.54) is 6.42 Å². The fourth-order valence-electron chi connectivity index (χ4n) is 4.34. The third-order valence-corrected chi connectivity index (χ3v) is 6.43. The van der Waals surface area contributed by atoms with Crippen molar-refractivity contribution in [3.8, 4) is 22.7 Å². The number of phenols is 1. The van der Waals surface area contributed by atoms with Crippen molar-refractivity contribution in [1.82, 2.24) is 20.0 Å². The summed E-state index contributed by atoms with van der Waals surface area (Å²) in [4.78, 5) is 15.4. The molecule has 0 spiro atoms. The highest BCUT2D eigenvalue weighted by Gasteiger charge is 2.27. The summed E-state index contributed by atoms with van der Waals surface area (Å²) in [5.74, 6) is -0.0126. The summed E-state index contributed by atoms with van der Waals surface area (Å²) in [5, 5.41) is 18.7. The van der Waals surface area contributed by atoms with Crippen LogP contribution < -0.4 is 5.32 Å². The Bertz CT molecular complexity index is 1140. The number of carbonyl (C=O) groups is 1. The largest absolute Gasteiger partial charge is 0.508 e. The van der Waals surface area contributed by atoms with Crippen LogP contribution in [0.25, 0.3) is 16.9 Å². The molecule has 174 valence electrons. The second kappa shape index (κ2) is 10.2. The van der Waals surface area contributed by atoms with Gasteiger partial charge in [-0.25, -0.2) is 4.68 Å². The van der Waals surface area contributed by atoms with Crippen molar-refractivity contribution in [3.63, 3.8) is 0 Å². The van der Waals surface area contributed by atoms with Crippen LogP contribution in [0.2, 0.25) is 10.0 Å². The summed E-state index contributed by atoms with van der Waals surface area (Å²) in [7, 11) is 3.91. The van der Waals surface area contributed by atoms with Crippen molar-refractivity contribution in [2.24, 2.45) is 0 Å². The zero-order valence-electron chi connectivity index (χ0n) is 18.8. The van der Waals surface area contributed by atoms with Crippen LogP contribution in [0.5, 0.6) is 5.75 Å². The number of benzene rings is 2. The highest BCUT2D eigenvalue weighted by atomic mass is 35.5. The standard InChI is InChI=1S/C25H28Cl2N4O2/c1-30(2)15-20-23(25(33)28-18-6-4-3-5-7-18)29-31(22-13-10-17(26)14-21(22)27)24(20)16-8-11-19(32)12-9-16/h8-14,18,32H,3-7,15H2,1-2H3,(H,28,33). The lowest BCUT2D eigenvalue weighted by molar-refractivity contribution is 0.0920. The number of carbonyl (C=O) groups excluding carboxylic acids is 1. The van der Waals surface area contributed by atoms with E-state index in [9.17, 15) is 9.90 Å². The zero-order valence-corrected chi connectivity index (χ0v) is 20.3. The van der Waals surface area contributed by atoms with Crippen LogP contribution in [0.4, 0.5) is 0 Å². The van der Waals surface area contributed by atoms with E-state index in [1.807, 2.05) is 31.1 Å². The van der Waals surface area contributed by atoms with Crippen molar-refractivity contribution in [2.45, 2.75) is 44.7 Å². The van der Waals surface area contributed by atoms with Gasteiger partial charge in [-0.3, -0.25) is 4.79 Å². The van der Waals surface area contributed by atoms with Gasteiger partial charge in [-0.05, 0) is 69.4 Å². The maximum Gasteiger partial charge on any atom is 0.272 e. The number of nitrogens with one attached hydrogen (secondary N) is 1. The van der Waals surface area contributed by atoms with Crippen LogP contribution >= 0.6 is 23.2 Å². The molecule has 0 atom stereocenters. The van der Waals surface area contributed by atoms with Gasteiger partial charge in [0.2, 0.25) is 0 Å². The van der Waals surface area contributed by atoms with E-state index in [1.54, 1.807) is 35.0 Å². The Kier molecular flexibility index (Phi) is 7.27. The molecule has 2 N–H and O–H groups in total. The molecule has 1 heterocycles. The molecule has 1 aliphatic rings. The second-order valence-electron chi connectivity index (χ2n) is 8.78. The van der Waals surface area contributed by atoms with Gasteiger partial charge in [-0.15, -0.1) is 0 Å². The molecule has 1 amide bonds. The highest BCUT2D eigenvalue weighted by Crippen LogP contribution is 2.34. The predicted molar refractivity (Wildman–Crippen MR) is 132 cm³/mol. The minimum Gasteiger partial charge on any atom is -0.508 e. The number of rotatable bonds is 6. The molecule has 1 fully saturated rings. The van der Waals surface area contributed by atoms with Gasteiger partial charge in [0.25, 0.3) is 5.91 Å². The summed E-state index contributed by atoms with van der Waals surface area (Å²) >= 11 is 12.7. The molecule has 0 bridgehead atoms. The first kappa shape index (κ1) is 23.6. The van der Waals surface area contributed by atoms with Gasteiger partial charge >= 0.3 is 0 Å². The van der Waals surface area contributed by atoms with Crippen molar-refractivity contribution in [3.05, 3.63) is 63.8 Å². The van der Waals surface area contributed by atoms with E-state index in [0.29, 0.717) is 28.0 Å². The van der Waals surface area contributed by atoms with Gasteiger partial charge in [0.05, 0.1) is 16.4 Å². The number of amides is 1. The van der Waals surface area contributed by atoms with E-state index >= 15 is 0 Å². The monoisotopic (exact) mass is 486 g/mol. The Morgan fingerprint density at radius 1 is 1.12 bits per heavy atom. The molecule has 8 heteroatoms. The van der Waals surface area contributed by atoms with Gasteiger partial charge in [-0.2, -0.15) is 5.10 Å². The van der Waals surface area contributed by atoms with E-state index < -0.39 is 0 Å². The van der Waals surface area contributed by atoms with Gasteiger partial charge in [0.15, 0.2) is 5.69 Å². The number of nitrogens with zero attached hydrogens (tertiary/aromatic N) is 3. The van der Waals surface area contributed by atoms with E-state index in [2.05, 4.69) is 5.32 Å². The molecule has 0 unspecified atom stereocenters. The Labute approximate surface area is 204 Å². The summed E-state index contributed by atoms with van der Waals surface area (Å²) < 4.78 is 1.71. The van der Waals surface area contributed by atoms with E-state index in [0.717, 1.165) is 42.5 Å². The molecule has 0 aliphatic heterocycles. The molecule has 4 rings (SSSR count). The van der Waals surface area contributed by atoms with Crippen LogP contribution in [0.15, 0.2) is 42.5 Å². The average Bonchev–Trinajstić information content (AvgIpc) is 3.13. The van der Waals surface area contributed by atoms with Crippen LogP contribution in [0, 0.1) is 0 Å². The quantitative estimate of drug-likeness (QED) is 0.470. The molecule has 33 heavy (non-hydrogen) atoms. The first-order valence-corrected chi connectivity index (χ1v) is 11.9. The lowest BCUT2D eigenvalue weighted by atomic mass is 9.95. The van der Waals surface area contributed by atoms with Gasteiger partial charge in [-0.1, -0.05) is 42.5 Å². The van der Waals surface area contributed by atoms with Crippen molar-refractivity contribution < 1.29 is 9.90 Å². The maximum atomic E-state index is 13.4. The molecular weight excluding hydrogens is 459 g/mol. The first-order chi connectivity index (χ1) is 15.8. The number of phenolic OH excluding ortho intramolecular Hbond substituents is 1. The molecular formula is C25H28Cl2N4O2. The van der Waals surface area contributed by atoms with E-state index in [4.69, 9.17) is 28.3 Å². The van der Waals surface area contributed by atoms with Crippen LogP contribution in [-0.2, 0) is 6.54 Å². The number of hydrogen-bond acceptors (Lipinski definition) is 4. The minimum absolute atomic E-state index is 0.166. The number of halogens is 2.